The fourth-order valence-corrected chi connectivity index (χ4v) is 2.15. The Morgan fingerprint density at radius 1 is 1.23 bits per heavy atom. The molecule has 1 heterocycles. The van der Waals surface area contributed by atoms with Gasteiger partial charge in [0, 0.05) is 38.1 Å². The van der Waals surface area contributed by atoms with Crippen LogP contribution in [0.5, 0.6) is 0 Å². The molecule has 0 amide bonds. The van der Waals surface area contributed by atoms with E-state index >= 15 is 0 Å². The molecule has 1 rings (SSSR count). The Morgan fingerprint density at radius 3 is 2.36 bits per heavy atom. The van der Waals surface area contributed by atoms with E-state index in [1.54, 1.807) is 0 Å². The van der Waals surface area contributed by atoms with Crippen LogP contribution in [0.1, 0.15) is 13.8 Å². The molecular weight excluding hydrogens is 286 g/mol. The standard InChI is InChI=1S/C15H33N3O4/c1-15(2,12-21-9-14-10-22-14)11-20-8-13(19)7-18(5-3-16)6-4-17/h13-14,19H,3-12,16-17H2,1-2H3. The second kappa shape index (κ2) is 10.5. The maximum atomic E-state index is 10.0. The molecule has 0 aromatic heterocycles. The highest BCUT2D eigenvalue weighted by atomic mass is 16.6. The minimum absolute atomic E-state index is 0.0805. The third kappa shape index (κ3) is 9.68. The van der Waals surface area contributed by atoms with E-state index in [0.717, 1.165) is 19.7 Å². The minimum atomic E-state index is -0.533. The van der Waals surface area contributed by atoms with E-state index < -0.39 is 6.10 Å². The molecule has 132 valence electrons. The highest BCUT2D eigenvalue weighted by Crippen LogP contribution is 2.18. The van der Waals surface area contributed by atoms with Crippen LogP contribution < -0.4 is 11.5 Å². The van der Waals surface area contributed by atoms with Gasteiger partial charge in [-0.25, -0.2) is 0 Å². The first-order chi connectivity index (χ1) is 10.5. The second-order valence-corrected chi connectivity index (χ2v) is 6.68. The number of hydrogen-bond donors (Lipinski definition) is 3. The third-order valence-corrected chi connectivity index (χ3v) is 3.36. The number of aliphatic hydroxyl groups excluding tert-OH is 1. The molecule has 0 aromatic rings. The van der Waals surface area contributed by atoms with Gasteiger partial charge in [-0.3, -0.25) is 4.90 Å². The van der Waals surface area contributed by atoms with Gasteiger partial charge in [0.2, 0.25) is 0 Å². The number of epoxide rings is 1. The van der Waals surface area contributed by atoms with Gasteiger partial charge in [0.25, 0.3) is 0 Å². The molecule has 2 unspecified atom stereocenters. The largest absolute Gasteiger partial charge is 0.389 e. The summed E-state index contributed by atoms with van der Waals surface area (Å²) in [5.41, 5.74) is 11.0. The van der Waals surface area contributed by atoms with Gasteiger partial charge < -0.3 is 30.8 Å². The molecule has 1 aliphatic rings. The molecule has 0 spiro atoms. The predicted molar refractivity (Wildman–Crippen MR) is 85.7 cm³/mol. The number of ether oxygens (including phenoxy) is 3. The average Bonchev–Trinajstić information content (AvgIpc) is 3.23. The van der Waals surface area contributed by atoms with E-state index in [-0.39, 0.29) is 11.5 Å². The number of nitrogens with zero attached hydrogens (tertiary/aromatic N) is 1. The minimum Gasteiger partial charge on any atom is -0.389 e. The van der Waals surface area contributed by atoms with Crippen molar-refractivity contribution in [2.24, 2.45) is 16.9 Å². The highest BCUT2D eigenvalue weighted by molar-refractivity contribution is 4.72. The zero-order valence-electron chi connectivity index (χ0n) is 14.0. The molecule has 1 saturated heterocycles. The normalized spacial score (nSPS) is 19.6. The molecule has 7 heteroatoms. The smallest absolute Gasteiger partial charge is 0.104 e. The predicted octanol–water partition coefficient (Wildman–Crippen LogP) is -0.975. The first-order valence-corrected chi connectivity index (χ1v) is 8.04. The van der Waals surface area contributed by atoms with Gasteiger partial charge in [-0.05, 0) is 0 Å². The van der Waals surface area contributed by atoms with Crippen molar-refractivity contribution >= 4 is 0 Å². The van der Waals surface area contributed by atoms with E-state index in [2.05, 4.69) is 18.7 Å². The summed E-state index contributed by atoms with van der Waals surface area (Å²) >= 11 is 0. The Bertz CT molecular complexity index is 282. The monoisotopic (exact) mass is 319 g/mol. The van der Waals surface area contributed by atoms with Gasteiger partial charge in [0.1, 0.15) is 6.10 Å². The fraction of sp³-hybridized carbons (Fsp3) is 1.00. The van der Waals surface area contributed by atoms with Crippen LogP contribution >= 0.6 is 0 Å². The lowest BCUT2D eigenvalue weighted by atomic mass is 9.96. The molecule has 22 heavy (non-hydrogen) atoms. The van der Waals surface area contributed by atoms with Crippen LogP contribution in [0.3, 0.4) is 0 Å². The average molecular weight is 319 g/mol. The summed E-state index contributed by atoms with van der Waals surface area (Å²) in [4.78, 5) is 2.05. The van der Waals surface area contributed by atoms with Crippen molar-refractivity contribution in [1.29, 1.82) is 0 Å². The molecule has 0 aromatic carbocycles. The summed E-state index contributed by atoms with van der Waals surface area (Å²) in [6.45, 7) is 10.2. The summed E-state index contributed by atoms with van der Waals surface area (Å²) in [7, 11) is 0. The number of aliphatic hydroxyl groups is 1. The summed E-state index contributed by atoms with van der Waals surface area (Å²) in [5.74, 6) is 0. The van der Waals surface area contributed by atoms with E-state index in [1.807, 2.05) is 0 Å². The lowest BCUT2D eigenvalue weighted by Crippen LogP contribution is -2.41. The quantitative estimate of drug-likeness (QED) is 0.353. The molecular formula is C15H33N3O4. The highest BCUT2D eigenvalue weighted by Gasteiger charge is 2.25. The first-order valence-electron chi connectivity index (χ1n) is 8.04. The molecule has 5 N–H and O–H groups in total. The molecule has 0 aliphatic carbocycles. The van der Waals surface area contributed by atoms with Gasteiger partial charge in [-0.1, -0.05) is 13.8 Å². The van der Waals surface area contributed by atoms with E-state index in [9.17, 15) is 5.11 Å². The van der Waals surface area contributed by atoms with Crippen molar-refractivity contribution < 1.29 is 19.3 Å². The Labute approximate surface area is 133 Å². The van der Waals surface area contributed by atoms with Crippen molar-refractivity contribution in [3.8, 4) is 0 Å². The Kier molecular flexibility index (Phi) is 9.42. The van der Waals surface area contributed by atoms with E-state index in [1.165, 1.54) is 0 Å². The molecule has 0 bridgehead atoms. The van der Waals surface area contributed by atoms with Crippen molar-refractivity contribution in [1.82, 2.24) is 4.90 Å². The van der Waals surface area contributed by atoms with Crippen LogP contribution in [-0.2, 0) is 14.2 Å². The van der Waals surface area contributed by atoms with Crippen molar-refractivity contribution in [3.63, 3.8) is 0 Å². The van der Waals surface area contributed by atoms with Crippen LogP contribution in [0.15, 0.2) is 0 Å². The molecule has 2 atom stereocenters. The molecule has 7 nitrogen and oxygen atoms in total. The number of rotatable bonds is 14. The fourth-order valence-electron chi connectivity index (χ4n) is 2.15. The molecule has 1 aliphatic heterocycles. The maximum Gasteiger partial charge on any atom is 0.104 e. The van der Waals surface area contributed by atoms with Gasteiger partial charge >= 0.3 is 0 Å². The van der Waals surface area contributed by atoms with Crippen molar-refractivity contribution in [3.05, 3.63) is 0 Å². The van der Waals surface area contributed by atoms with Gasteiger partial charge in [-0.2, -0.15) is 0 Å². The van der Waals surface area contributed by atoms with Crippen LogP contribution in [0.4, 0.5) is 0 Å². The molecule has 0 radical (unpaired) electrons. The maximum absolute atomic E-state index is 10.0. The zero-order chi connectivity index (χ0) is 16.4. The van der Waals surface area contributed by atoms with Gasteiger partial charge in [0.15, 0.2) is 0 Å². The van der Waals surface area contributed by atoms with Crippen molar-refractivity contribution in [2.75, 3.05) is 65.8 Å². The number of hydrogen-bond acceptors (Lipinski definition) is 7. The lowest BCUT2D eigenvalue weighted by molar-refractivity contribution is -0.0378. The molecule has 1 fully saturated rings. The Balaban J connectivity index is 2.11. The second-order valence-electron chi connectivity index (χ2n) is 6.68. The molecule has 0 saturated carbocycles. The summed E-state index contributed by atoms with van der Waals surface area (Å²) in [6.07, 6.45) is -0.246. The van der Waals surface area contributed by atoms with Gasteiger partial charge in [-0.15, -0.1) is 0 Å². The summed E-state index contributed by atoms with van der Waals surface area (Å²) in [6, 6.07) is 0. The lowest BCUT2D eigenvalue weighted by Gasteiger charge is -2.27. The van der Waals surface area contributed by atoms with Crippen LogP contribution in [0, 0.1) is 5.41 Å². The van der Waals surface area contributed by atoms with E-state index in [4.69, 9.17) is 25.7 Å². The Hall–Kier alpha value is -0.280. The summed E-state index contributed by atoms with van der Waals surface area (Å²) < 4.78 is 16.3. The Morgan fingerprint density at radius 2 is 1.82 bits per heavy atom. The summed E-state index contributed by atoms with van der Waals surface area (Å²) in [5, 5.41) is 10.0. The van der Waals surface area contributed by atoms with Crippen molar-refractivity contribution in [2.45, 2.75) is 26.1 Å². The topological polar surface area (TPSA) is 106 Å². The SMILES string of the molecule is CC(C)(COCC(O)CN(CCN)CCN)COCC1CO1. The van der Waals surface area contributed by atoms with Gasteiger partial charge in [0.05, 0.1) is 39.1 Å². The van der Waals surface area contributed by atoms with Crippen LogP contribution in [-0.4, -0.2) is 88.0 Å². The first kappa shape index (κ1) is 19.8. The zero-order valence-corrected chi connectivity index (χ0v) is 14.0. The van der Waals surface area contributed by atoms with Crippen LogP contribution in [0.25, 0.3) is 0 Å². The number of nitrogens with two attached hydrogens (primary N) is 2. The third-order valence-electron chi connectivity index (χ3n) is 3.36. The van der Waals surface area contributed by atoms with E-state index in [0.29, 0.717) is 46.1 Å². The van der Waals surface area contributed by atoms with Crippen LogP contribution in [0.2, 0.25) is 0 Å².